The van der Waals surface area contributed by atoms with Crippen LogP contribution < -0.4 is 10.6 Å². The second kappa shape index (κ2) is 10.8. The number of carbonyl (C=O) groups is 2. The maximum absolute atomic E-state index is 12.6. The predicted molar refractivity (Wildman–Crippen MR) is 130 cm³/mol. The molecule has 2 N–H and O–H groups in total. The SMILES string of the molecule is CC1(C)C[C@@H](NC(=O)CCc2ccccc2)C[C@@](C)(CNC(=O)CCc2ccccc2)C1. The van der Waals surface area contributed by atoms with Gasteiger partial charge >= 0.3 is 0 Å². The Morgan fingerprint density at radius 3 is 1.91 bits per heavy atom. The molecule has 0 aromatic heterocycles. The van der Waals surface area contributed by atoms with Crippen LogP contribution in [0.5, 0.6) is 0 Å². The van der Waals surface area contributed by atoms with E-state index < -0.39 is 0 Å². The van der Waals surface area contributed by atoms with Crippen LogP contribution in [0, 0.1) is 10.8 Å². The van der Waals surface area contributed by atoms with Gasteiger partial charge in [0.1, 0.15) is 0 Å². The lowest BCUT2D eigenvalue weighted by Gasteiger charge is -2.47. The van der Waals surface area contributed by atoms with Gasteiger partial charge in [-0.15, -0.1) is 0 Å². The third-order valence-corrected chi connectivity index (χ3v) is 6.49. The number of hydrogen-bond acceptors (Lipinski definition) is 2. The summed E-state index contributed by atoms with van der Waals surface area (Å²) >= 11 is 0. The second-order valence-corrected chi connectivity index (χ2v) is 10.6. The highest BCUT2D eigenvalue weighted by molar-refractivity contribution is 5.77. The van der Waals surface area contributed by atoms with E-state index in [1.54, 1.807) is 0 Å². The van der Waals surface area contributed by atoms with Gasteiger partial charge in [0.25, 0.3) is 0 Å². The molecule has 2 atom stereocenters. The van der Waals surface area contributed by atoms with E-state index in [1.165, 1.54) is 11.1 Å². The number of carbonyl (C=O) groups excluding carboxylic acids is 2. The van der Waals surface area contributed by atoms with E-state index in [0.29, 0.717) is 19.4 Å². The van der Waals surface area contributed by atoms with Crippen molar-refractivity contribution in [3.8, 4) is 0 Å². The first-order valence-corrected chi connectivity index (χ1v) is 11.9. The minimum atomic E-state index is -0.0263. The third kappa shape index (κ3) is 7.81. The average molecular weight is 435 g/mol. The monoisotopic (exact) mass is 434 g/mol. The molecule has 0 aliphatic heterocycles. The molecule has 1 saturated carbocycles. The van der Waals surface area contributed by atoms with Crippen LogP contribution in [0.1, 0.15) is 64.0 Å². The Balaban J connectivity index is 1.48. The second-order valence-electron chi connectivity index (χ2n) is 10.6. The summed E-state index contributed by atoms with van der Waals surface area (Å²) in [6.07, 6.45) is 5.44. The highest BCUT2D eigenvalue weighted by Crippen LogP contribution is 2.45. The lowest BCUT2D eigenvalue weighted by atomic mass is 9.62. The van der Waals surface area contributed by atoms with E-state index in [1.807, 2.05) is 36.4 Å². The van der Waals surface area contributed by atoms with Gasteiger partial charge in [-0.1, -0.05) is 81.4 Å². The molecular formula is C28H38N2O2. The fraction of sp³-hybridized carbons (Fsp3) is 0.500. The minimum absolute atomic E-state index is 0.0263. The Bertz CT molecular complexity index is 879. The van der Waals surface area contributed by atoms with Crippen LogP contribution in [0.4, 0.5) is 0 Å². The molecule has 2 aromatic carbocycles. The number of nitrogens with one attached hydrogen (secondary N) is 2. The van der Waals surface area contributed by atoms with Crippen molar-refractivity contribution in [2.45, 2.75) is 71.8 Å². The summed E-state index contributed by atoms with van der Waals surface area (Å²) in [4.78, 5) is 25.1. The Kier molecular flexibility index (Phi) is 8.11. The molecule has 4 heteroatoms. The highest BCUT2D eigenvalue weighted by Gasteiger charge is 2.41. The molecule has 0 spiro atoms. The van der Waals surface area contributed by atoms with Gasteiger partial charge in [0.2, 0.25) is 11.8 Å². The van der Waals surface area contributed by atoms with Crippen molar-refractivity contribution in [2.75, 3.05) is 6.54 Å². The molecule has 2 amide bonds. The third-order valence-electron chi connectivity index (χ3n) is 6.49. The lowest BCUT2D eigenvalue weighted by Crippen LogP contribution is -2.50. The normalized spacial score (nSPS) is 22.2. The van der Waals surface area contributed by atoms with E-state index in [4.69, 9.17) is 0 Å². The van der Waals surface area contributed by atoms with Crippen molar-refractivity contribution in [3.63, 3.8) is 0 Å². The van der Waals surface area contributed by atoms with Crippen LogP contribution in [0.3, 0.4) is 0 Å². The van der Waals surface area contributed by atoms with Gasteiger partial charge in [-0.25, -0.2) is 0 Å². The van der Waals surface area contributed by atoms with Crippen LogP contribution in [-0.4, -0.2) is 24.4 Å². The van der Waals surface area contributed by atoms with E-state index in [2.05, 4.69) is 55.7 Å². The number of amides is 2. The Hall–Kier alpha value is -2.62. The Morgan fingerprint density at radius 1 is 0.812 bits per heavy atom. The first kappa shape index (κ1) is 24.0. The Labute approximate surface area is 193 Å². The van der Waals surface area contributed by atoms with E-state index in [9.17, 15) is 9.59 Å². The molecule has 1 fully saturated rings. The lowest BCUT2D eigenvalue weighted by molar-refractivity contribution is -0.124. The van der Waals surface area contributed by atoms with Crippen LogP contribution >= 0.6 is 0 Å². The zero-order valence-electron chi connectivity index (χ0n) is 19.8. The zero-order chi connectivity index (χ0) is 23.0. The summed E-state index contributed by atoms with van der Waals surface area (Å²) in [5.41, 5.74) is 2.47. The van der Waals surface area contributed by atoms with Gasteiger partial charge in [-0.2, -0.15) is 0 Å². The molecule has 0 bridgehead atoms. The maximum atomic E-state index is 12.6. The molecule has 4 nitrogen and oxygen atoms in total. The molecule has 1 aliphatic carbocycles. The van der Waals surface area contributed by atoms with Crippen LogP contribution in [-0.2, 0) is 22.4 Å². The summed E-state index contributed by atoms with van der Waals surface area (Å²) in [5.74, 6) is 0.215. The van der Waals surface area contributed by atoms with E-state index in [-0.39, 0.29) is 28.7 Å². The molecule has 32 heavy (non-hydrogen) atoms. The van der Waals surface area contributed by atoms with Crippen LogP contribution in [0.25, 0.3) is 0 Å². The average Bonchev–Trinajstić information content (AvgIpc) is 2.75. The van der Waals surface area contributed by atoms with Crippen LogP contribution in [0.15, 0.2) is 60.7 Å². The first-order chi connectivity index (χ1) is 15.2. The molecule has 1 aliphatic rings. The van der Waals surface area contributed by atoms with Gasteiger partial charge < -0.3 is 10.6 Å². The molecule has 3 rings (SSSR count). The minimum Gasteiger partial charge on any atom is -0.356 e. The molecular weight excluding hydrogens is 396 g/mol. The van der Waals surface area contributed by atoms with E-state index >= 15 is 0 Å². The standard InChI is InChI=1S/C28H38N2O2/c1-27(2)18-24(30-26(32)17-15-23-12-8-5-9-13-23)19-28(3,20-27)21-29-25(31)16-14-22-10-6-4-7-11-22/h4-13,24H,14-21H2,1-3H3,(H,29,31)(H,30,32)/t24-,28-/m1/s1. The van der Waals surface area contributed by atoms with Crippen LogP contribution in [0.2, 0.25) is 0 Å². The van der Waals surface area contributed by atoms with Gasteiger partial charge in [-0.05, 0) is 54.1 Å². The number of rotatable bonds is 9. The van der Waals surface area contributed by atoms with Gasteiger partial charge in [0.15, 0.2) is 0 Å². The van der Waals surface area contributed by atoms with Crippen molar-refractivity contribution in [2.24, 2.45) is 10.8 Å². The van der Waals surface area contributed by atoms with Gasteiger partial charge in [0.05, 0.1) is 0 Å². The molecule has 2 aromatic rings. The smallest absolute Gasteiger partial charge is 0.220 e. The summed E-state index contributed by atoms with van der Waals surface area (Å²) in [7, 11) is 0. The fourth-order valence-electron chi connectivity index (χ4n) is 5.38. The van der Waals surface area contributed by atoms with Crippen molar-refractivity contribution in [1.29, 1.82) is 0 Å². The Morgan fingerprint density at radius 2 is 1.34 bits per heavy atom. The zero-order valence-corrected chi connectivity index (χ0v) is 19.8. The molecule has 0 heterocycles. The molecule has 0 radical (unpaired) electrons. The van der Waals surface area contributed by atoms with E-state index in [0.717, 1.165) is 32.1 Å². The predicted octanol–water partition coefficient (Wildman–Crippen LogP) is 5.07. The van der Waals surface area contributed by atoms with Gasteiger partial charge in [0, 0.05) is 25.4 Å². The summed E-state index contributed by atoms with van der Waals surface area (Å²) in [6.45, 7) is 7.43. The topological polar surface area (TPSA) is 58.2 Å². The summed E-state index contributed by atoms with van der Waals surface area (Å²) in [5, 5.41) is 6.45. The van der Waals surface area contributed by atoms with Gasteiger partial charge in [-0.3, -0.25) is 9.59 Å². The van der Waals surface area contributed by atoms with Crippen molar-refractivity contribution in [3.05, 3.63) is 71.8 Å². The largest absolute Gasteiger partial charge is 0.356 e. The van der Waals surface area contributed by atoms with Crippen molar-refractivity contribution < 1.29 is 9.59 Å². The summed E-state index contributed by atoms with van der Waals surface area (Å²) in [6, 6.07) is 20.4. The number of hydrogen-bond donors (Lipinski definition) is 2. The first-order valence-electron chi connectivity index (χ1n) is 11.9. The molecule has 0 unspecified atom stereocenters. The maximum Gasteiger partial charge on any atom is 0.220 e. The highest BCUT2D eigenvalue weighted by atomic mass is 16.2. The van der Waals surface area contributed by atoms with Crippen molar-refractivity contribution in [1.82, 2.24) is 10.6 Å². The van der Waals surface area contributed by atoms with Crippen molar-refractivity contribution >= 4 is 11.8 Å². The fourth-order valence-corrected chi connectivity index (χ4v) is 5.38. The number of aryl methyl sites for hydroxylation is 2. The molecule has 172 valence electrons. The molecule has 0 saturated heterocycles. The number of benzene rings is 2. The summed E-state index contributed by atoms with van der Waals surface area (Å²) < 4.78 is 0. The quantitative estimate of drug-likeness (QED) is 0.579.